The van der Waals surface area contributed by atoms with Crippen molar-refractivity contribution in [2.45, 2.75) is 10.9 Å². The highest BCUT2D eigenvalue weighted by atomic mass is 32.2. The van der Waals surface area contributed by atoms with E-state index < -0.39 is 12.0 Å². The van der Waals surface area contributed by atoms with E-state index >= 15 is 0 Å². The molecular weight excluding hydrogens is 282 g/mol. The number of benzene rings is 1. The molecule has 0 aliphatic heterocycles. The van der Waals surface area contributed by atoms with Crippen LogP contribution < -0.4 is 10.1 Å². The number of hydrogen-bond acceptors (Lipinski definition) is 5. The molecule has 6 nitrogen and oxygen atoms in total. The second kappa shape index (κ2) is 8.44. The summed E-state index contributed by atoms with van der Waals surface area (Å²) >= 11 is 1.32. The Morgan fingerprint density at radius 2 is 1.95 bits per heavy atom. The lowest BCUT2D eigenvalue weighted by Gasteiger charge is -2.13. The van der Waals surface area contributed by atoms with Gasteiger partial charge in [0.1, 0.15) is 5.75 Å². The van der Waals surface area contributed by atoms with Crippen LogP contribution in [-0.4, -0.2) is 49.6 Å². The van der Waals surface area contributed by atoms with E-state index in [2.05, 4.69) is 5.32 Å². The minimum absolute atomic E-state index is 0.0612. The average molecular weight is 299 g/mol. The summed E-state index contributed by atoms with van der Waals surface area (Å²) in [5, 5.41) is 11.3. The van der Waals surface area contributed by atoms with E-state index in [9.17, 15) is 9.59 Å². The van der Waals surface area contributed by atoms with Gasteiger partial charge in [-0.1, -0.05) is 0 Å². The number of aliphatic carboxylic acids is 1. The lowest BCUT2D eigenvalue weighted by molar-refractivity contribution is -0.142. The van der Waals surface area contributed by atoms with Crippen LogP contribution in [0.4, 0.5) is 0 Å². The maximum absolute atomic E-state index is 11.7. The zero-order valence-electron chi connectivity index (χ0n) is 11.3. The second-order valence-corrected chi connectivity index (χ2v) is 4.93. The predicted octanol–water partition coefficient (Wildman–Crippen LogP) is 1.00. The minimum atomic E-state index is -1.12. The highest BCUT2D eigenvalue weighted by Crippen LogP contribution is 2.20. The Hall–Kier alpha value is -1.73. The summed E-state index contributed by atoms with van der Waals surface area (Å²) in [5.74, 6) is -0.588. The van der Waals surface area contributed by atoms with Crippen LogP contribution in [-0.2, 0) is 14.3 Å². The van der Waals surface area contributed by atoms with Crippen molar-refractivity contribution in [1.29, 1.82) is 0 Å². The van der Waals surface area contributed by atoms with Crippen LogP contribution in [0.3, 0.4) is 0 Å². The lowest BCUT2D eigenvalue weighted by Crippen LogP contribution is -2.44. The topological polar surface area (TPSA) is 84.9 Å². The minimum Gasteiger partial charge on any atom is -0.497 e. The molecule has 20 heavy (non-hydrogen) atoms. The molecule has 1 rings (SSSR count). The molecule has 0 fully saturated rings. The SMILES string of the molecule is COCC(NC(=O)CSc1ccc(OC)cc1)C(=O)O. The Morgan fingerprint density at radius 1 is 1.30 bits per heavy atom. The molecule has 1 aromatic rings. The number of carboxylic acid groups (broad SMARTS) is 1. The number of hydrogen-bond donors (Lipinski definition) is 2. The van der Waals surface area contributed by atoms with Crippen molar-refractivity contribution in [2.75, 3.05) is 26.6 Å². The van der Waals surface area contributed by atoms with E-state index in [1.165, 1.54) is 18.9 Å². The van der Waals surface area contributed by atoms with E-state index in [0.29, 0.717) is 0 Å². The van der Waals surface area contributed by atoms with Crippen molar-refractivity contribution < 1.29 is 24.2 Å². The Labute approximate surface area is 121 Å². The van der Waals surface area contributed by atoms with Crippen molar-refractivity contribution in [2.24, 2.45) is 0 Å². The van der Waals surface area contributed by atoms with E-state index in [4.69, 9.17) is 14.6 Å². The summed E-state index contributed by atoms with van der Waals surface area (Å²) in [6.45, 7) is -0.0612. The first-order chi connectivity index (χ1) is 9.56. The van der Waals surface area contributed by atoms with Crippen molar-refractivity contribution in [3.8, 4) is 5.75 Å². The molecular formula is C13H17NO5S. The molecule has 0 saturated heterocycles. The number of carbonyl (C=O) groups excluding carboxylic acids is 1. The second-order valence-electron chi connectivity index (χ2n) is 3.88. The maximum Gasteiger partial charge on any atom is 0.328 e. The molecule has 1 atom stereocenters. The van der Waals surface area contributed by atoms with Crippen LogP contribution in [0.1, 0.15) is 0 Å². The van der Waals surface area contributed by atoms with Crippen LogP contribution in [0.15, 0.2) is 29.2 Å². The summed E-state index contributed by atoms with van der Waals surface area (Å²) in [6.07, 6.45) is 0. The van der Waals surface area contributed by atoms with Crippen LogP contribution in [0.25, 0.3) is 0 Å². The van der Waals surface area contributed by atoms with Gasteiger partial charge in [0.05, 0.1) is 19.5 Å². The maximum atomic E-state index is 11.7. The van der Waals surface area contributed by atoms with Gasteiger partial charge in [0.2, 0.25) is 5.91 Å². The third-order valence-corrected chi connectivity index (χ3v) is 3.41. The van der Waals surface area contributed by atoms with E-state index in [-0.39, 0.29) is 18.3 Å². The number of amides is 1. The molecule has 0 aliphatic rings. The van der Waals surface area contributed by atoms with Crippen LogP contribution in [0, 0.1) is 0 Å². The number of carbonyl (C=O) groups is 2. The van der Waals surface area contributed by atoms with E-state index in [1.54, 1.807) is 19.2 Å². The van der Waals surface area contributed by atoms with Gasteiger partial charge >= 0.3 is 5.97 Å². The predicted molar refractivity (Wildman–Crippen MR) is 75.2 cm³/mol. The van der Waals surface area contributed by atoms with Crippen LogP contribution in [0.5, 0.6) is 5.75 Å². The number of thioether (sulfide) groups is 1. The first kappa shape index (κ1) is 16.3. The first-order valence-corrected chi connectivity index (χ1v) is 6.83. The van der Waals surface area contributed by atoms with Crippen LogP contribution >= 0.6 is 11.8 Å². The summed E-state index contributed by atoms with van der Waals surface area (Å²) in [7, 11) is 2.96. The molecule has 0 aliphatic carbocycles. The molecule has 0 bridgehead atoms. The fourth-order valence-corrected chi connectivity index (χ4v) is 2.11. The summed E-state index contributed by atoms with van der Waals surface area (Å²) in [4.78, 5) is 23.4. The highest BCUT2D eigenvalue weighted by molar-refractivity contribution is 8.00. The molecule has 110 valence electrons. The highest BCUT2D eigenvalue weighted by Gasteiger charge is 2.19. The molecule has 0 spiro atoms. The van der Waals surface area contributed by atoms with Gasteiger partial charge < -0.3 is 19.9 Å². The zero-order chi connectivity index (χ0) is 15.0. The molecule has 0 aromatic heterocycles. The molecule has 0 radical (unpaired) electrons. The van der Waals surface area contributed by atoms with Gasteiger partial charge in [-0.05, 0) is 24.3 Å². The smallest absolute Gasteiger partial charge is 0.328 e. The number of nitrogens with one attached hydrogen (secondary N) is 1. The summed E-state index contributed by atoms with van der Waals surface area (Å²) < 4.78 is 9.77. The molecule has 7 heteroatoms. The number of carboxylic acids is 1. The molecule has 1 unspecified atom stereocenters. The van der Waals surface area contributed by atoms with Gasteiger partial charge in [0, 0.05) is 12.0 Å². The number of rotatable bonds is 8. The Balaban J connectivity index is 2.43. The molecule has 1 amide bonds. The van der Waals surface area contributed by atoms with Gasteiger partial charge in [-0.2, -0.15) is 0 Å². The number of ether oxygens (including phenoxy) is 2. The Bertz CT molecular complexity index is 449. The van der Waals surface area contributed by atoms with E-state index in [0.717, 1.165) is 10.6 Å². The lowest BCUT2D eigenvalue weighted by atomic mass is 10.3. The fraction of sp³-hybridized carbons (Fsp3) is 0.385. The number of methoxy groups -OCH3 is 2. The first-order valence-electron chi connectivity index (χ1n) is 5.84. The largest absolute Gasteiger partial charge is 0.497 e. The van der Waals surface area contributed by atoms with Gasteiger partial charge in [-0.25, -0.2) is 4.79 Å². The average Bonchev–Trinajstić information content (AvgIpc) is 2.45. The van der Waals surface area contributed by atoms with Gasteiger partial charge in [0.25, 0.3) is 0 Å². The normalized spacial score (nSPS) is 11.7. The van der Waals surface area contributed by atoms with Crippen molar-refractivity contribution in [3.63, 3.8) is 0 Å². The van der Waals surface area contributed by atoms with Gasteiger partial charge in [-0.3, -0.25) is 4.79 Å². The van der Waals surface area contributed by atoms with Crippen LogP contribution in [0.2, 0.25) is 0 Å². The summed E-state index contributed by atoms with van der Waals surface area (Å²) in [5.41, 5.74) is 0. The third-order valence-electron chi connectivity index (χ3n) is 2.40. The van der Waals surface area contributed by atoms with Gasteiger partial charge in [-0.15, -0.1) is 11.8 Å². The molecule has 0 heterocycles. The van der Waals surface area contributed by atoms with Crippen molar-refractivity contribution >= 4 is 23.6 Å². The third kappa shape index (κ3) is 5.50. The van der Waals surface area contributed by atoms with Crippen molar-refractivity contribution in [1.82, 2.24) is 5.32 Å². The van der Waals surface area contributed by atoms with Crippen molar-refractivity contribution in [3.05, 3.63) is 24.3 Å². The quantitative estimate of drug-likeness (QED) is 0.697. The molecule has 2 N–H and O–H groups in total. The fourth-order valence-electron chi connectivity index (χ4n) is 1.40. The standard InChI is InChI=1S/C13H17NO5S/c1-18-7-11(13(16)17)14-12(15)8-20-10-5-3-9(19-2)4-6-10/h3-6,11H,7-8H2,1-2H3,(H,14,15)(H,16,17). The molecule has 1 aromatic carbocycles. The Kier molecular flexibility index (Phi) is 6.89. The monoisotopic (exact) mass is 299 g/mol. The Morgan fingerprint density at radius 3 is 2.45 bits per heavy atom. The van der Waals surface area contributed by atoms with Gasteiger partial charge in [0.15, 0.2) is 6.04 Å². The van der Waals surface area contributed by atoms with E-state index in [1.807, 2.05) is 12.1 Å². The molecule has 0 saturated carbocycles. The summed E-state index contributed by atoms with van der Waals surface area (Å²) in [6, 6.07) is 6.24. The zero-order valence-corrected chi connectivity index (χ0v) is 12.1.